The van der Waals surface area contributed by atoms with Crippen molar-refractivity contribution in [1.29, 1.82) is 0 Å². The van der Waals surface area contributed by atoms with Gasteiger partial charge >= 0.3 is 12.1 Å². The monoisotopic (exact) mass is 451 g/mol. The van der Waals surface area contributed by atoms with Crippen LogP contribution in [0.3, 0.4) is 0 Å². The first kappa shape index (κ1) is 23.2. The van der Waals surface area contributed by atoms with Gasteiger partial charge in [-0.25, -0.2) is 15.4 Å². The van der Waals surface area contributed by atoms with Crippen molar-refractivity contribution in [2.45, 2.75) is 44.3 Å². The van der Waals surface area contributed by atoms with Gasteiger partial charge in [-0.05, 0) is 18.6 Å². The molecule has 32 heavy (non-hydrogen) atoms. The van der Waals surface area contributed by atoms with Gasteiger partial charge in [-0.2, -0.15) is 0 Å². The average molecular weight is 451 g/mol. The largest absolute Gasteiger partial charge is 0.493 e. The highest BCUT2D eigenvalue weighted by Gasteiger charge is 2.52. The Bertz CT molecular complexity index is 952. The van der Waals surface area contributed by atoms with Crippen LogP contribution in [0.5, 0.6) is 17.2 Å². The lowest BCUT2D eigenvalue weighted by molar-refractivity contribution is -0.135. The minimum Gasteiger partial charge on any atom is -0.493 e. The standard InChI is InChI=1S/C21H23F2N3O6/c1-12(27)32-18-15(30-3)8-13(9-16(18)31-4)19(28)26-11-21(22,23)10-14(26)20(29)25-7-5-6-17(25)24-2/h8-9,14,17H,5-7,10-11H2,1,3-4H3/t14-,17-/m0/s1. The van der Waals surface area contributed by atoms with Crippen molar-refractivity contribution in [1.82, 2.24) is 9.80 Å². The molecule has 0 aromatic heterocycles. The average Bonchev–Trinajstić information content (AvgIpc) is 3.36. The molecule has 9 nitrogen and oxygen atoms in total. The Labute approximate surface area is 183 Å². The van der Waals surface area contributed by atoms with Gasteiger partial charge in [0, 0.05) is 31.9 Å². The molecule has 2 fully saturated rings. The van der Waals surface area contributed by atoms with Gasteiger partial charge in [-0.3, -0.25) is 24.1 Å². The van der Waals surface area contributed by atoms with Crippen LogP contribution in [0.1, 0.15) is 36.5 Å². The number of esters is 1. The number of carbonyl (C=O) groups excluding carboxylic acids is 3. The number of ether oxygens (including phenoxy) is 3. The van der Waals surface area contributed by atoms with Crippen LogP contribution in [0, 0.1) is 6.57 Å². The molecule has 2 saturated heterocycles. The number of methoxy groups -OCH3 is 2. The Morgan fingerprint density at radius 2 is 1.78 bits per heavy atom. The van der Waals surface area contributed by atoms with E-state index in [0.29, 0.717) is 12.8 Å². The molecule has 1 aromatic rings. The van der Waals surface area contributed by atoms with Crippen LogP contribution >= 0.6 is 0 Å². The Morgan fingerprint density at radius 3 is 2.31 bits per heavy atom. The summed E-state index contributed by atoms with van der Waals surface area (Å²) in [5.74, 6) is -5.47. The van der Waals surface area contributed by atoms with Crippen molar-refractivity contribution in [3.63, 3.8) is 0 Å². The minimum atomic E-state index is -3.25. The summed E-state index contributed by atoms with van der Waals surface area (Å²) in [7, 11) is 2.56. The Morgan fingerprint density at radius 1 is 1.16 bits per heavy atom. The highest BCUT2D eigenvalue weighted by molar-refractivity contribution is 5.99. The van der Waals surface area contributed by atoms with E-state index in [1.54, 1.807) is 0 Å². The van der Waals surface area contributed by atoms with Crippen molar-refractivity contribution in [2.24, 2.45) is 0 Å². The molecule has 2 heterocycles. The number of benzene rings is 1. The zero-order valence-corrected chi connectivity index (χ0v) is 17.9. The summed E-state index contributed by atoms with van der Waals surface area (Å²) < 4.78 is 44.1. The van der Waals surface area contributed by atoms with Crippen LogP contribution in [0.15, 0.2) is 12.1 Å². The number of hydrogen-bond donors (Lipinski definition) is 0. The highest BCUT2D eigenvalue weighted by atomic mass is 19.3. The van der Waals surface area contributed by atoms with Gasteiger partial charge in [0.1, 0.15) is 6.04 Å². The molecular formula is C21H23F2N3O6. The summed E-state index contributed by atoms with van der Waals surface area (Å²) in [4.78, 5) is 43.1. The van der Waals surface area contributed by atoms with Crippen LogP contribution in [0.2, 0.25) is 0 Å². The predicted octanol–water partition coefficient (Wildman–Crippen LogP) is 2.35. The number of halogens is 2. The summed E-state index contributed by atoms with van der Waals surface area (Å²) in [6.45, 7) is 7.77. The maximum Gasteiger partial charge on any atom is 0.308 e. The number of rotatable bonds is 5. The Hall–Kier alpha value is -3.42. The normalized spacial score (nSPS) is 21.8. The van der Waals surface area contributed by atoms with Gasteiger partial charge in [0.05, 0.1) is 20.8 Å². The summed E-state index contributed by atoms with van der Waals surface area (Å²) in [5, 5.41) is 0. The van der Waals surface area contributed by atoms with Crippen molar-refractivity contribution >= 4 is 17.8 Å². The number of carbonyl (C=O) groups is 3. The molecule has 11 heteroatoms. The number of nitrogens with zero attached hydrogens (tertiary/aromatic N) is 3. The zero-order valence-electron chi connectivity index (χ0n) is 17.9. The molecule has 1 aromatic carbocycles. The van der Waals surface area contributed by atoms with Crippen molar-refractivity contribution in [3.8, 4) is 17.2 Å². The molecule has 0 N–H and O–H groups in total. The smallest absolute Gasteiger partial charge is 0.308 e. The second-order valence-electron chi connectivity index (χ2n) is 7.60. The van der Waals surface area contributed by atoms with E-state index in [9.17, 15) is 23.2 Å². The Kier molecular flexibility index (Phi) is 6.52. The molecule has 2 atom stereocenters. The zero-order chi connectivity index (χ0) is 23.6. The van der Waals surface area contributed by atoms with E-state index in [2.05, 4.69) is 4.85 Å². The number of amides is 2. The lowest BCUT2D eigenvalue weighted by Crippen LogP contribution is -2.48. The van der Waals surface area contributed by atoms with E-state index in [0.717, 1.165) is 4.90 Å². The van der Waals surface area contributed by atoms with Gasteiger partial charge in [0.2, 0.25) is 5.75 Å². The lowest BCUT2D eigenvalue weighted by Gasteiger charge is -2.27. The van der Waals surface area contributed by atoms with Crippen molar-refractivity contribution in [2.75, 3.05) is 27.3 Å². The third-order valence-electron chi connectivity index (χ3n) is 5.42. The minimum absolute atomic E-state index is 0.00986. The summed E-state index contributed by atoms with van der Waals surface area (Å²) in [5.41, 5.74) is -0.0757. The molecule has 3 rings (SSSR count). The first-order chi connectivity index (χ1) is 15.1. The van der Waals surface area contributed by atoms with Gasteiger partial charge in [-0.15, -0.1) is 0 Å². The van der Waals surface area contributed by atoms with Gasteiger partial charge < -0.3 is 19.1 Å². The van der Waals surface area contributed by atoms with Crippen LogP contribution in [-0.2, 0) is 9.59 Å². The molecule has 0 saturated carbocycles. The first-order valence-electron chi connectivity index (χ1n) is 9.92. The van der Waals surface area contributed by atoms with Crippen LogP contribution in [0.25, 0.3) is 4.85 Å². The number of likely N-dealkylation sites (tertiary alicyclic amines) is 2. The van der Waals surface area contributed by atoms with Crippen molar-refractivity contribution < 1.29 is 37.4 Å². The molecule has 0 radical (unpaired) electrons. The highest BCUT2D eigenvalue weighted by Crippen LogP contribution is 2.41. The van der Waals surface area contributed by atoms with Crippen LogP contribution in [0.4, 0.5) is 8.78 Å². The quantitative estimate of drug-likeness (QED) is 0.388. The molecule has 2 aliphatic heterocycles. The van der Waals surface area contributed by atoms with E-state index in [1.165, 1.54) is 38.2 Å². The van der Waals surface area contributed by atoms with Gasteiger partial charge in [0.25, 0.3) is 17.7 Å². The number of hydrogen-bond acceptors (Lipinski definition) is 6. The van der Waals surface area contributed by atoms with E-state index >= 15 is 0 Å². The maximum absolute atomic E-state index is 14.3. The molecule has 172 valence electrons. The fourth-order valence-corrected chi connectivity index (χ4v) is 4.00. The molecule has 0 unspecified atom stereocenters. The van der Waals surface area contributed by atoms with E-state index in [-0.39, 0.29) is 29.4 Å². The first-order valence-corrected chi connectivity index (χ1v) is 9.92. The molecule has 0 aliphatic carbocycles. The second kappa shape index (κ2) is 8.98. The molecule has 0 bridgehead atoms. The van der Waals surface area contributed by atoms with Crippen LogP contribution in [-0.4, -0.2) is 73.0 Å². The molecular weight excluding hydrogens is 428 g/mol. The van der Waals surface area contributed by atoms with E-state index < -0.39 is 48.9 Å². The van der Waals surface area contributed by atoms with E-state index in [4.69, 9.17) is 20.8 Å². The topological polar surface area (TPSA) is 89.7 Å². The SMILES string of the molecule is [C-]#[N+][C@@H]1CCCN1C(=O)[C@@H]1CC(F)(F)CN1C(=O)c1cc(OC)c(OC(C)=O)c(OC)c1. The second-order valence-corrected chi connectivity index (χ2v) is 7.60. The lowest BCUT2D eigenvalue weighted by atomic mass is 10.1. The fourth-order valence-electron chi connectivity index (χ4n) is 4.00. The third kappa shape index (κ3) is 4.44. The Balaban J connectivity index is 1.96. The third-order valence-corrected chi connectivity index (χ3v) is 5.42. The van der Waals surface area contributed by atoms with E-state index in [1.807, 2.05) is 0 Å². The number of alkyl halides is 2. The fraction of sp³-hybridized carbons (Fsp3) is 0.524. The van der Waals surface area contributed by atoms with Gasteiger partial charge in [-0.1, -0.05) is 0 Å². The predicted molar refractivity (Wildman–Crippen MR) is 107 cm³/mol. The van der Waals surface area contributed by atoms with Crippen LogP contribution < -0.4 is 14.2 Å². The molecule has 2 amide bonds. The summed E-state index contributed by atoms with van der Waals surface area (Å²) >= 11 is 0. The summed E-state index contributed by atoms with van der Waals surface area (Å²) in [6, 6.07) is 1.07. The van der Waals surface area contributed by atoms with Gasteiger partial charge in [0.15, 0.2) is 11.5 Å². The maximum atomic E-state index is 14.3. The summed E-state index contributed by atoms with van der Waals surface area (Å²) in [6.07, 6.45) is -0.462. The van der Waals surface area contributed by atoms with Crippen molar-refractivity contribution in [3.05, 3.63) is 29.1 Å². The molecule has 2 aliphatic rings. The molecule has 0 spiro atoms.